The number of amides is 2. The smallest absolute Gasteiger partial charge is 0.268 e. The van der Waals surface area contributed by atoms with Gasteiger partial charge in [0.25, 0.3) is 5.91 Å². The molecule has 1 atom stereocenters. The van der Waals surface area contributed by atoms with Crippen LogP contribution >= 0.6 is 0 Å². The summed E-state index contributed by atoms with van der Waals surface area (Å²) in [4.78, 5) is 28.8. The van der Waals surface area contributed by atoms with Crippen molar-refractivity contribution in [3.8, 4) is 5.75 Å². The topological polar surface area (TPSA) is 63.0 Å². The maximum absolute atomic E-state index is 12.9. The number of fused-ring (bicyclic) bond motifs is 1. The van der Waals surface area contributed by atoms with Crippen molar-refractivity contribution < 1.29 is 18.7 Å². The molecule has 0 N–H and O–H groups in total. The third kappa shape index (κ3) is 3.12. The van der Waals surface area contributed by atoms with Gasteiger partial charge in [0.15, 0.2) is 6.10 Å². The summed E-state index contributed by atoms with van der Waals surface area (Å²) < 4.78 is 11.0. The van der Waals surface area contributed by atoms with Gasteiger partial charge in [-0.2, -0.15) is 0 Å². The Bertz CT molecular complexity index is 782. The highest BCUT2D eigenvalue weighted by molar-refractivity contribution is 6.03. The molecule has 0 radical (unpaired) electrons. The van der Waals surface area contributed by atoms with E-state index < -0.39 is 6.10 Å². The van der Waals surface area contributed by atoms with Crippen LogP contribution in [0.5, 0.6) is 5.75 Å². The van der Waals surface area contributed by atoms with Gasteiger partial charge in [0.05, 0.1) is 18.5 Å². The van der Waals surface area contributed by atoms with Crippen molar-refractivity contribution >= 4 is 17.5 Å². The number of hydrogen-bond acceptors (Lipinski definition) is 4. The summed E-state index contributed by atoms with van der Waals surface area (Å²) >= 11 is 0. The van der Waals surface area contributed by atoms with Crippen LogP contribution in [0.15, 0.2) is 47.1 Å². The molecule has 1 aromatic heterocycles. The van der Waals surface area contributed by atoms with Crippen molar-refractivity contribution in [1.82, 2.24) is 4.90 Å². The zero-order chi connectivity index (χ0) is 17.4. The first-order chi connectivity index (χ1) is 12.1. The van der Waals surface area contributed by atoms with Gasteiger partial charge in [-0.25, -0.2) is 0 Å². The molecule has 130 valence electrons. The average Bonchev–Trinajstić information content (AvgIpc) is 3.32. The normalized spacial score (nSPS) is 19.3. The van der Waals surface area contributed by atoms with Crippen LogP contribution in [0.3, 0.4) is 0 Å². The molecule has 1 saturated carbocycles. The van der Waals surface area contributed by atoms with Gasteiger partial charge in [-0.15, -0.1) is 0 Å². The van der Waals surface area contributed by atoms with Gasteiger partial charge in [0, 0.05) is 6.04 Å². The van der Waals surface area contributed by atoms with E-state index in [2.05, 4.69) is 0 Å². The Kier molecular flexibility index (Phi) is 3.95. The number of carbonyl (C=O) groups excluding carboxylic acids is 2. The standard InChI is InChI=1S/C19H20N2O4/c1-13-19(23)21(16-6-2-3-7-17(16)25-13)12-18(22)20(14-8-9-14)11-15-5-4-10-24-15/h2-7,10,13-14H,8-9,11-12H2,1H3/t13-/m1/s1. The monoisotopic (exact) mass is 340 g/mol. The van der Waals surface area contributed by atoms with Gasteiger partial charge in [0.2, 0.25) is 5.91 Å². The predicted molar refractivity (Wildman–Crippen MR) is 91.2 cm³/mol. The van der Waals surface area contributed by atoms with Crippen LogP contribution in [0.25, 0.3) is 0 Å². The van der Waals surface area contributed by atoms with Gasteiger partial charge in [-0.1, -0.05) is 12.1 Å². The third-order valence-electron chi connectivity index (χ3n) is 4.58. The Balaban J connectivity index is 1.55. The second-order valence-electron chi connectivity index (χ2n) is 6.48. The molecule has 0 unspecified atom stereocenters. The fraction of sp³-hybridized carbons (Fsp3) is 0.368. The molecule has 0 bridgehead atoms. The van der Waals surface area contributed by atoms with E-state index in [0.29, 0.717) is 18.0 Å². The summed E-state index contributed by atoms with van der Waals surface area (Å²) in [6.45, 7) is 2.16. The van der Waals surface area contributed by atoms with Crippen molar-refractivity contribution in [2.45, 2.75) is 38.5 Å². The SMILES string of the molecule is C[C@H]1Oc2ccccc2N(CC(=O)N(Cc2ccco2)C2CC2)C1=O. The van der Waals surface area contributed by atoms with Crippen molar-refractivity contribution in [2.75, 3.05) is 11.4 Å². The molecule has 0 saturated heterocycles. The first-order valence-electron chi connectivity index (χ1n) is 8.52. The van der Waals surface area contributed by atoms with Crippen molar-refractivity contribution in [3.63, 3.8) is 0 Å². The highest BCUT2D eigenvalue weighted by Crippen LogP contribution is 2.34. The molecule has 1 aliphatic heterocycles. The van der Waals surface area contributed by atoms with Crippen LogP contribution in [0.1, 0.15) is 25.5 Å². The third-order valence-corrected chi connectivity index (χ3v) is 4.58. The first kappa shape index (κ1) is 15.7. The fourth-order valence-corrected chi connectivity index (χ4v) is 3.13. The summed E-state index contributed by atoms with van der Waals surface area (Å²) in [6, 6.07) is 11.2. The Labute approximate surface area is 146 Å². The van der Waals surface area contributed by atoms with Crippen molar-refractivity contribution in [1.29, 1.82) is 0 Å². The second-order valence-corrected chi connectivity index (χ2v) is 6.48. The van der Waals surface area contributed by atoms with E-state index in [9.17, 15) is 9.59 Å². The van der Waals surface area contributed by atoms with E-state index >= 15 is 0 Å². The number of anilines is 1. The maximum atomic E-state index is 12.9. The largest absolute Gasteiger partial charge is 0.479 e. The lowest BCUT2D eigenvalue weighted by Gasteiger charge is -2.34. The summed E-state index contributed by atoms with van der Waals surface area (Å²) in [7, 11) is 0. The molecule has 1 aromatic carbocycles. The van der Waals surface area contributed by atoms with Crippen LogP contribution in [0, 0.1) is 0 Å². The number of ether oxygens (including phenoxy) is 1. The lowest BCUT2D eigenvalue weighted by molar-refractivity contribution is -0.134. The second kappa shape index (κ2) is 6.27. The minimum Gasteiger partial charge on any atom is -0.479 e. The molecule has 4 rings (SSSR count). The van der Waals surface area contributed by atoms with Crippen molar-refractivity contribution in [3.05, 3.63) is 48.4 Å². The first-order valence-corrected chi connectivity index (χ1v) is 8.52. The summed E-state index contributed by atoms with van der Waals surface area (Å²) in [5.41, 5.74) is 0.646. The average molecular weight is 340 g/mol. The molecular formula is C19H20N2O4. The number of hydrogen-bond donors (Lipinski definition) is 0. The number of carbonyl (C=O) groups is 2. The lowest BCUT2D eigenvalue weighted by atomic mass is 10.2. The van der Waals surface area contributed by atoms with Gasteiger partial charge >= 0.3 is 0 Å². The number of nitrogens with zero attached hydrogens (tertiary/aromatic N) is 2. The molecule has 0 spiro atoms. The Morgan fingerprint density at radius 3 is 2.76 bits per heavy atom. The summed E-state index contributed by atoms with van der Waals surface area (Å²) in [5, 5.41) is 0. The zero-order valence-electron chi connectivity index (χ0n) is 14.1. The van der Waals surface area contributed by atoms with E-state index in [4.69, 9.17) is 9.15 Å². The van der Waals surface area contributed by atoms with E-state index in [-0.39, 0.29) is 24.4 Å². The quantitative estimate of drug-likeness (QED) is 0.839. The molecule has 2 heterocycles. The number of para-hydroxylation sites is 2. The molecule has 1 fully saturated rings. The fourth-order valence-electron chi connectivity index (χ4n) is 3.13. The molecule has 1 aliphatic carbocycles. The van der Waals surface area contributed by atoms with Gasteiger partial charge < -0.3 is 14.1 Å². The highest BCUT2D eigenvalue weighted by atomic mass is 16.5. The van der Waals surface area contributed by atoms with E-state index in [0.717, 1.165) is 18.6 Å². The van der Waals surface area contributed by atoms with Crippen LogP contribution in [0.2, 0.25) is 0 Å². The lowest BCUT2D eigenvalue weighted by Crippen LogP contribution is -2.49. The van der Waals surface area contributed by atoms with E-state index in [1.807, 2.05) is 35.2 Å². The molecule has 6 heteroatoms. The van der Waals surface area contributed by atoms with E-state index in [1.54, 1.807) is 19.3 Å². The summed E-state index contributed by atoms with van der Waals surface area (Å²) in [5.74, 6) is 1.12. The van der Waals surface area contributed by atoms with Gasteiger partial charge in [-0.3, -0.25) is 14.5 Å². The van der Waals surface area contributed by atoms with E-state index in [1.165, 1.54) is 4.90 Å². The number of furan rings is 1. The maximum Gasteiger partial charge on any atom is 0.268 e. The zero-order valence-corrected chi connectivity index (χ0v) is 14.1. The predicted octanol–water partition coefficient (Wildman–Crippen LogP) is 2.58. The number of benzene rings is 1. The molecule has 2 amide bonds. The summed E-state index contributed by atoms with van der Waals surface area (Å²) in [6.07, 6.45) is 3.00. The van der Waals surface area contributed by atoms with Crippen LogP contribution in [-0.4, -0.2) is 35.4 Å². The molecular weight excluding hydrogens is 320 g/mol. The highest BCUT2D eigenvalue weighted by Gasteiger charge is 2.37. The number of rotatable bonds is 5. The van der Waals surface area contributed by atoms with Crippen LogP contribution in [0.4, 0.5) is 5.69 Å². The molecule has 6 nitrogen and oxygen atoms in total. The molecule has 2 aromatic rings. The Hall–Kier alpha value is -2.76. The Morgan fingerprint density at radius 1 is 1.24 bits per heavy atom. The van der Waals surface area contributed by atoms with Crippen LogP contribution < -0.4 is 9.64 Å². The van der Waals surface area contributed by atoms with Gasteiger partial charge in [0.1, 0.15) is 18.1 Å². The minimum absolute atomic E-state index is 0.0146. The van der Waals surface area contributed by atoms with Gasteiger partial charge in [-0.05, 0) is 44.0 Å². The van der Waals surface area contributed by atoms with Crippen LogP contribution in [-0.2, 0) is 16.1 Å². The molecule has 2 aliphatic rings. The minimum atomic E-state index is -0.595. The van der Waals surface area contributed by atoms with Crippen molar-refractivity contribution in [2.24, 2.45) is 0 Å². The Morgan fingerprint density at radius 2 is 2.04 bits per heavy atom. The molecule has 25 heavy (non-hydrogen) atoms.